The van der Waals surface area contributed by atoms with Gasteiger partial charge in [-0.3, -0.25) is 9.59 Å². The second-order valence-electron chi connectivity index (χ2n) is 7.93. The second-order valence-corrected chi connectivity index (χ2v) is 10.2. The highest BCUT2D eigenvalue weighted by Crippen LogP contribution is 2.32. The molecule has 0 saturated heterocycles. The van der Waals surface area contributed by atoms with Crippen LogP contribution >= 0.6 is 23.1 Å². The molecule has 4 aromatic rings. The lowest BCUT2D eigenvalue weighted by molar-refractivity contribution is -0.113. The maximum Gasteiger partial charge on any atom is 0.259 e. The zero-order chi connectivity index (χ0) is 24.1. The van der Waals surface area contributed by atoms with Gasteiger partial charge >= 0.3 is 0 Å². The molecule has 2 amide bonds. The molecule has 8 heteroatoms. The first-order chi connectivity index (χ1) is 16.4. The predicted molar refractivity (Wildman–Crippen MR) is 140 cm³/mol. The van der Waals surface area contributed by atoms with E-state index in [1.807, 2.05) is 48.5 Å². The van der Waals surface area contributed by atoms with Gasteiger partial charge in [-0.1, -0.05) is 49.9 Å². The molecule has 0 saturated carbocycles. The Kier molecular flexibility index (Phi) is 7.49. The van der Waals surface area contributed by atoms with Crippen molar-refractivity contribution in [1.82, 2.24) is 4.98 Å². The predicted octanol–water partition coefficient (Wildman–Crippen LogP) is 6.41. The first-order valence-corrected chi connectivity index (χ1v) is 12.6. The van der Waals surface area contributed by atoms with Gasteiger partial charge in [0.05, 0.1) is 28.6 Å². The van der Waals surface area contributed by atoms with Gasteiger partial charge in [0.25, 0.3) is 5.91 Å². The smallest absolute Gasteiger partial charge is 0.259 e. The summed E-state index contributed by atoms with van der Waals surface area (Å²) in [6.45, 7) is 4.28. The first-order valence-electron chi connectivity index (χ1n) is 10.8. The number of nitrogens with one attached hydrogen (secondary N) is 2. The second kappa shape index (κ2) is 10.7. The SMILES string of the molecule is COc1ccccc1C(=O)Nc1ccc2nc(SCC(=O)Nc3ccc(C(C)C)cc3)sc2c1. The molecule has 1 aromatic heterocycles. The van der Waals surface area contributed by atoms with Crippen LogP contribution in [0.15, 0.2) is 71.1 Å². The number of amides is 2. The molecule has 4 rings (SSSR count). The number of anilines is 2. The Morgan fingerprint density at radius 2 is 1.74 bits per heavy atom. The van der Waals surface area contributed by atoms with Crippen molar-refractivity contribution in [3.63, 3.8) is 0 Å². The van der Waals surface area contributed by atoms with Crippen LogP contribution < -0.4 is 15.4 Å². The van der Waals surface area contributed by atoms with Crippen LogP contribution in [-0.2, 0) is 4.79 Å². The number of benzene rings is 3. The molecular weight excluding hydrogens is 466 g/mol. The fourth-order valence-electron chi connectivity index (χ4n) is 3.35. The van der Waals surface area contributed by atoms with E-state index in [1.165, 1.54) is 35.8 Å². The maximum absolute atomic E-state index is 12.7. The Labute approximate surface area is 206 Å². The van der Waals surface area contributed by atoms with Crippen molar-refractivity contribution in [1.29, 1.82) is 0 Å². The summed E-state index contributed by atoms with van der Waals surface area (Å²) in [7, 11) is 1.54. The van der Waals surface area contributed by atoms with Gasteiger partial charge in [0, 0.05) is 11.4 Å². The third kappa shape index (κ3) is 5.76. The van der Waals surface area contributed by atoms with Crippen LogP contribution in [0.4, 0.5) is 11.4 Å². The quantitative estimate of drug-likeness (QED) is 0.278. The molecule has 6 nitrogen and oxygen atoms in total. The zero-order valence-corrected chi connectivity index (χ0v) is 20.8. The lowest BCUT2D eigenvalue weighted by Crippen LogP contribution is -2.13. The molecule has 0 aliphatic rings. The van der Waals surface area contributed by atoms with Gasteiger partial charge in [-0.15, -0.1) is 11.3 Å². The van der Waals surface area contributed by atoms with Crippen molar-refractivity contribution in [2.45, 2.75) is 24.1 Å². The summed E-state index contributed by atoms with van der Waals surface area (Å²) in [6, 6.07) is 20.6. The van der Waals surface area contributed by atoms with Crippen molar-refractivity contribution < 1.29 is 14.3 Å². The van der Waals surface area contributed by atoms with Crippen LogP contribution in [-0.4, -0.2) is 29.7 Å². The lowest BCUT2D eigenvalue weighted by atomic mass is 10.0. The summed E-state index contributed by atoms with van der Waals surface area (Å²) in [6.07, 6.45) is 0. The summed E-state index contributed by atoms with van der Waals surface area (Å²) >= 11 is 2.89. The van der Waals surface area contributed by atoms with Crippen LogP contribution in [0.25, 0.3) is 10.2 Å². The normalized spacial score (nSPS) is 10.9. The fourth-order valence-corrected chi connectivity index (χ4v) is 5.26. The standard InChI is InChI=1S/C26H25N3O3S2/c1-16(2)17-8-10-18(11-9-17)27-24(30)15-33-26-29-21-13-12-19(14-23(21)34-26)28-25(31)20-6-4-5-7-22(20)32-3/h4-14,16H,15H2,1-3H3,(H,27,30)(H,28,31). The van der Waals surface area contributed by atoms with Crippen LogP contribution in [0.2, 0.25) is 0 Å². The number of carbonyl (C=O) groups excluding carboxylic acids is 2. The largest absolute Gasteiger partial charge is 0.496 e. The van der Waals surface area contributed by atoms with E-state index in [9.17, 15) is 9.59 Å². The molecule has 2 N–H and O–H groups in total. The average Bonchev–Trinajstić information content (AvgIpc) is 3.25. The molecule has 0 aliphatic carbocycles. The molecule has 0 bridgehead atoms. The molecule has 34 heavy (non-hydrogen) atoms. The van der Waals surface area contributed by atoms with Gasteiger partial charge in [0.15, 0.2) is 4.34 Å². The number of thiazole rings is 1. The van der Waals surface area contributed by atoms with Crippen molar-refractivity contribution in [2.24, 2.45) is 0 Å². The summed E-state index contributed by atoms with van der Waals surface area (Å²) in [5.41, 5.74) is 3.99. The van der Waals surface area contributed by atoms with Gasteiger partial charge in [0.1, 0.15) is 5.75 Å². The minimum absolute atomic E-state index is 0.0775. The Morgan fingerprint density at radius 3 is 2.47 bits per heavy atom. The fraction of sp³-hybridized carbons (Fsp3) is 0.192. The number of carbonyl (C=O) groups is 2. The van der Waals surface area contributed by atoms with E-state index in [1.54, 1.807) is 18.2 Å². The summed E-state index contributed by atoms with van der Waals surface area (Å²) in [5, 5.41) is 5.84. The number of nitrogens with zero attached hydrogens (tertiary/aromatic N) is 1. The number of hydrogen-bond donors (Lipinski definition) is 2. The molecule has 3 aromatic carbocycles. The molecule has 0 spiro atoms. The van der Waals surface area contributed by atoms with Gasteiger partial charge in [-0.2, -0.15) is 0 Å². The number of thioether (sulfide) groups is 1. The van der Waals surface area contributed by atoms with Crippen LogP contribution in [0.3, 0.4) is 0 Å². The number of fused-ring (bicyclic) bond motifs is 1. The Hall–Kier alpha value is -3.36. The van der Waals surface area contributed by atoms with Crippen molar-refractivity contribution in [3.8, 4) is 5.75 Å². The molecule has 0 fully saturated rings. The minimum atomic E-state index is -0.242. The lowest BCUT2D eigenvalue weighted by Gasteiger charge is -2.09. The number of para-hydroxylation sites is 1. The highest BCUT2D eigenvalue weighted by molar-refractivity contribution is 8.01. The Bertz CT molecular complexity index is 1320. The van der Waals surface area contributed by atoms with E-state index in [0.717, 1.165) is 20.2 Å². The summed E-state index contributed by atoms with van der Waals surface area (Å²) in [4.78, 5) is 29.6. The molecule has 0 aliphatic heterocycles. The number of aromatic nitrogens is 1. The Balaban J connectivity index is 1.37. The average molecular weight is 492 g/mol. The van der Waals surface area contributed by atoms with Gasteiger partial charge < -0.3 is 15.4 Å². The highest BCUT2D eigenvalue weighted by Gasteiger charge is 2.13. The highest BCUT2D eigenvalue weighted by atomic mass is 32.2. The zero-order valence-electron chi connectivity index (χ0n) is 19.1. The first kappa shape index (κ1) is 23.8. The van der Waals surface area contributed by atoms with Crippen LogP contribution in [0, 0.1) is 0 Å². The van der Waals surface area contributed by atoms with E-state index in [0.29, 0.717) is 22.9 Å². The van der Waals surface area contributed by atoms with E-state index in [-0.39, 0.29) is 17.6 Å². The van der Waals surface area contributed by atoms with Crippen LogP contribution in [0.5, 0.6) is 5.75 Å². The number of rotatable bonds is 8. The van der Waals surface area contributed by atoms with Crippen molar-refractivity contribution in [2.75, 3.05) is 23.5 Å². The molecule has 0 unspecified atom stereocenters. The number of ether oxygens (including phenoxy) is 1. The number of methoxy groups -OCH3 is 1. The molecular formula is C26H25N3O3S2. The van der Waals surface area contributed by atoms with E-state index in [4.69, 9.17) is 4.74 Å². The van der Waals surface area contributed by atoms with Crippen molar-refractivity contribution >= 4 is 56.5 Å². The van der Waals surface area contributed by atoms with E-state index < -0.39 is 0 Å². The monoisotopic (exact) mass is 491 g/mol. The molecule has 174 valence electrons. The molecule has 0 radical (unpaired) electrons. The third-order valence-corrected chi connectivity index (χ3v) is 7.33. The van der Waals surface area contributed by atoms with Crippen LogP contribution in [0.1, 0.15) is 35.7 Å². The third-order valence-electron chi connectivity index (χ3n) is 5.17. The summed E-state index contributed by atoms with van der Waals surface area (Å²) < 4.78 is 7.01. The number of hydrogen-bond acceptors (Lipinski definition) is 6. The van der Waals surface area contributed by atoms with Crippen molar-refractivity contribution in [3.05, 3.63) is 77.9 Å². The Morgan fingerprint density at radius 1 is 1.00 bits per heavy atom. The molecule has 1 heterocycles. The maximum atomic E-state index is 12.7. The van der Waals surface area contributed by atoms with E-state index in [2.05, 4.69) is 29.5 Å². The van der Waals surface area contributed by atoms with E-state index >= 15 is 0 Å². The van der Waals surface area contributed by atoms with Gasteiger partial charge in [0.2, 0.25) is 5.91 Å². The molecule has 0 atom stereocenters. The topological polar surface area (TPSA) is 80.3 Å². The van der Waals surface area contributed by atoms with Gasteiger partial charge in [-0.25, -0.2) is 4.98 Å². The summed E-state index contributed by atoms with van der Waals surface area (Å²) in [5.74, 6) is 0.921. The van der Waals surface area contributed by atoms with Gasteiger partial charge in [-0.05, 0) is 53.9 Å². The minimum Gasteiger partial charge on any atom is -0.496 e.